The van der Waals surface area contributed by atoms with Gasteiger partial charge in [-0.2, -0.15) is 4.98 Å². The zero-order valence-corrected chi connectivity index (χ0v) is 15.0. The number of aromatic nitrogens is 2. The zero-order valence-electron chi connectivity index (χ0n) is 15.0. The number of hydrogen-bond donors (Lipinski definition) is 2. The van der Waals surface area contributed by atoms with Gasteiger partial charge in [-0.1, -0.05) is 6.07 Å². The summed E-state index contributed by atoms with van der Waals surface area (Å²) >= 11 is 0. The Morgan fingerprint density at radius 1 is 1.24 bits per heavy atom. The number of hydrogen-bond acceptors (Lipinski definition) is 6. The molecule has 2 aliphatic rings. The van der Waals surface area contributed by atoms with Crippen LogP contribution in [0.4, 0.5) is 17.5 Å². The number of nitrogens with zero attached hydrogens (tertiary/aromatic N) is 4. The molecular weight excluding hydrogens is 312 g/mol. The summed E-state index contributed by atoms with van der Waals surface area (Å²) in [6.45, 7) is 9.91. The van der Waals surface area contributed by atoms with Crippen molar-refractivity contribution in [1.82, 2.24) is 15.3 Å². The van der Waals surface area contributed by atoms with Crippen LogP contribution in [0.15, 0.2) is 23.2 Å². The first-order chi connectivity index (χ1) is 12.1. The maximum Gasteiger partial charge on any atom is 0.227 e. The van der Waals surface area contributed by atoms with Crippen LogP contribution in [-0.2, 0) is 6.54 Å². The molecule has 1 aromatic heterocycles. The van der Waals surface area contributed by atoms with Gasteiger partial charge in [-0.3, -0.25) is 4.99 Å². The summed E-state index contributed by atoms with van der Waals surface area (Å²) < 4.78 is 0. The summed E-state index contributed by atoms with van der Waals surface area (Å²) in [7, 11) is 0. The molecule has 3 heterocycles. The van der Waals surface area contributed by atoms with Crippen molar-refractivity contribution in [1.29, 1.82) is 0 Å². The van der Waals surface area contributed by atoms with Crippen LogP contribution in [0.1, 0.15) is 29.3 Å². The molecule has 25 heavy (non-hydrogen) atoms. The van der Waals surface area contributed by atoms with Gasteiger partial charge in [-0.15, -0.1) is 0 Å². The van der Waals surface area contributed by atoms with Crippen molar-refractivity contribution in [3.8, 4) is 0 Å². The molecule has 4 rings (SSSR count). The van der Waals surface area contributed by atoms with E-state index in [2.05, 4.69) is 52.6 Å². The smallest absolute Gasteiger partial charge is 0.227 e. The van der Waals surface area contributed by atoms with Crippen LogP contribution in [0, 0.1) is 13.8 Å². The van der Waals surface area contributed by atoms with E-state index in [0.29, 0.717) is 6.04 Å². The quantitative estimate of drug-likeness (QED) is 0.902. The lowest BCUT2D eigenvalue weighted by atomic mass is 10.1. The number of aryl methyl sites for hydroxylation is 1. The fourth-order valence-corrected chi connectivity index (χ4v) is 3.31. The van der Waals surface area contributed by atoms with Crippen molar-refractivity contribution >= 4 is 23.7 Å². The number of fused-ring (bicyclic) bond motifs is 1. The van der Waals surface area contributed by atoms with E-state index in [4.69, 9.17) is 9.97 Å². The van der Waals surface area contributed by atoms with Gasteiger partial charge in [0.2, 0.25) is 5.95 Å². The third kappa shape index (κ3) is 3.22. The lowest BCUT2D eigenvalue weighted by Gasteiger charge is -2.32. The Morgan fingerprint density at radius 3 is 2.96 bits per heavy atom. The monoisotopic (exact) mass is 336 g/mol. The first-order valence-corrected chi connectivity index (χ1v) is 8.83. The number of benzene rings is 1. The van der Waals surface area contributed by atoms with E-state index in [1.165, 1.54) is 11.1 Å². The third-order valence-corrected chi connectivity index (χ3v) is 4.93. The maximum absolute atomic E-state index is 4.82. The molecule has 0 saturated carbocycles. The second kappa shape index (κ2) is 6.44. The van der Waals surface area contributed by atoms with Gasteiger partial charge in [0.05, 0.1) is 6.54 Å². The molecule has 0 bridgehead atoms. The molecule has 1 unspecified atom stereocenters. The van der Waals surface area contributed by atoms with Crippen LogP contribution in [0.2, 0.25) is 0 Å². The number of anilines is 3. The van der Waals surface area contributed by atoms with Crippen molar-refractivity contribution in [2.45, 2.75) is 33.4 Å². The summed E-state index contributed by atoms with van der Waals surface area (Å²) in [6.07, 6.45) is 1.94. The number of aliphatic imine (C=N–C) groups is 1. The van der Waals surface area contributed by atoms with E-state index in [1.807, 2.05) is 13.1 Å². The number of rotatable bonds is 3. The van der Waals surface area contributed by atoms with Gasteiger partial charge in [-0.05, 0) is 44.0 Å². The Balaban J connectivity index is 1.63. The highest BCUT2D eigenvalue weighted by Gasteiger charge is 2.20. The Kier molecular flexibility index (Phi) is 4.13. The van der Waals surface area contributed by atoms with Gasteiger partial charge in [0.25, 0.3) is 0 Å². The van der Waals surface area contributed by atoms with Crippen LogP contribution in [0.25, 0.3) is 0 Å². The molecule has 0 aliphatic carbocycles. The molecule has 1 fully saturated rings. The van der Waals surface area contributed by atoms with Crippen LogP contribution >= 0.6 is 0 Å². The van der Waals surface area contributed by atoms with Crippen molar-refractivity contribution < 1.29 is 0 Å². The molecule has 0 spiro atoms. The minimum atomic E-state index is 0.450. The minimum Gasteiger partial charge on any atom is -0.340 e. The number of nitrogens with one attached hydrogen (secondary N) is 2. The molecular formula is C19H24N6. The van der Waals surface area contributed by atoms with Crippen LogP contribution in [0.3, 0.4) is 0 Å². The van der Waals surface area contributed by atoms with Crippen molar-refractivity contribution in [2.24, 2.45) is 4.99 Å². The van der Waals surface area contributed by atoms with Crippen LogP contribution in [-0.4, -0.2) is 41.9 Å². The molecule has 130 valence electrons. The first-order valence-electron chi connectivity index (χ1n) is 8.83. The average Bonchev–Trinajstić information content (AvgIpc) is 3.06. The Labute approximate surface area is 148 Å². The molecule has 1 atom stereocenters. The SMILES string of the molecule is Cc1nc(N2CCNC(C)C2)nc(Nc2ccc3c(c2)C=NC3)c1C. The highest BCUT2D eigenvalue weighted by molar-refractivity contribution is 5.86. The van der Waals surface area contributed by atoms with E-state index in [9.17, 15) is 0 Å². The molecule has 0 radical (unpaired) electrons. The van der Waals surface area contributed by atoms with Crippen molar-refractivity contribution in [3.63, 3.8) is 0 Å². The van der Waals surface area contributed by atoms with E-state index < -0.39 is 0 Å². The third-order valence-electron chi connectivity index (χ3n) is 4.93. The number of piperazine rings is 1. The van der Waals surface area contributed by atoms with Gasteiger partial charge in [0.15, 0.2) is 0 Å². The molecule has 0 amide bonds. The normalized spacial score (nSPS) is 19.2. The van der Waals surface area contributed by atoms with Gasteiger partial charge < -0.3 is 15.5 Å². The second-order valence-corrected chi connectivity index (χ2v) is 6.89. The highest BCUT2D eigenvalue weighted by Crippen LogP contribution is 2.26. The Morgan fingerprint density at radius 2 is 2.12 bits per heavy atom. The van der Waals surface area contributed by atoms with Gasteiger partial charge in [0, 0.05) is 48.8 Å². The van der Waals surface area contributed by atoms with Crippen molar-refractivity contribution in [3.05, 3.63) is 40.6 Å². The van der Waals surface area contributed by atoms with Crippen LogP contribution < -0.4 is 15.5 Å². The standard InChI is InChI=1S/C19H24N6/c1-12-11-25(7-6-21-12)19-22-14(3)13(2)18(24-19)23-17-5-4-15-9-20-10-16(15)8-17/h4-5,8,10,12,21H,6-7,9,11H2,1-3H3,(H,22,23,24). The molecule has 6 heteroatoms. The average molecular weight is 336 g/mol. The summed E-state index contributed by atoms with van der Waals surface area (Å²) in [5, 5.41) is 6.94. The molecule has 1 aromatic carbocycles. The Hall–Kier alpha value is -2.47. The van der Waals surface area contributed by atoms with E-state index in [0.717, 1.165) is 54.9 Å². The largest absolute Gasteiger partial charge is 0.340 e. The lowest BCUT2D eigenvalue weighted by Crippen LogP contribution is -2.49. The second-order valence-electron chi connectivity index (χ2n) is 6.89. The van der Waals surface area contributed by atoms with Gasteiger partial charge in [0.1, 0.15) is 5.82 Å². The topological polar surface area (TPSA) is 65.4 Å². The summed E-state index contributed by atoms with van der Waals surface area (Å²) in [4.78, 5) is 16.1. The zero-order chi connectivity index (χ0) is 17.4. The molecule has 2 aliphatic heterocycles. The van der Waals surface area contributed by atoms with E-state index in [1.54, 1.807) is 0 Å². The van der Waals surface area contributed by atoms with Gasteiger partial charge >= 0.3 is 0 Å². The molecule has 6 nitrogen and oxygen atoms in total. The predicted molar refractivity (Wildman–Crippen MR) is 102 cm³/mol. The van der Waals surface area contributed by atoms with E-state index >= 15 is 0 Å². The fourth-order valence-electron chi connectivity index (χ4n) is 3.31. The molecule has 2 N–H and O–H groups in total. The summed E-state index contributed by atoms with van der Waals surface area (Å²) in [6, 6.07) is 6.81. The maximum atomic E-state index is 4.82. The minimum absolute atomic E-state index is 0.450. The first kappa shape index (κ1) is 16.0. The summed E-state index contributed by atoms with van der Waals surface area (Å²) in [5.41, 5.74) is 5.59. The van der Waals surface area contributed by atoms with Crippen LogP contribution in [0.5, 0.6) is 0 Å². The van der Waals surface area contributed by atoms with E-state index in [-0.39, 0.29) is 0 Å². The molecule has 2 aromatic rings. The Bertz CT molecular complexity index is 829. The lowest BCUT2D eigenvalue weighted by molar-refractivity contribution is 0.479. The van der Waals surface area contributed by atoms with Crippen molar-refractivity contribution in [2.75, 3.05) is 29.9 Å². The fraction of sp³-hybridized carbons (Fsp3) is 0.421. The highest BCUT2D eigenvalue weighted by atomic mass is 15.3. The predicted octanol–water partition coefficient (Wildman–Crippen LogP) is 2.57. The van der Waals surface area contributed by atoms with Gasteiger partial charge in [-0.25, -0.2) is 4.98 Å². The molecule has 1 saturated heterocycles. The summed E-state index contributed by atoms with van der Waals surface area (Å²) in [5.74, 6) is 1.69.